The van der Waals surface area contributed by atoms with E-state index in [1.807, 2.05) is 12.1 Å². The van der Waals surface area contributed by atoms with Gasteiger partial charge >= 0.3 is 0 Å². The monoisotopic (exact) mass is 425 g/mol. The van der Waals surface area contributed by atoms with Crippen LogP contribution in [0.2, 0.25) is 5.02 Å². The summed E-state index contributed by atoms with van der Waals surface area (Å²) in [5.41, 5.74) is 1.16. The normalized spacial score (nSPS) is 15.4. The Morgan fingerprint density at radius 1 is 1.07 bits per heavy atom. The maximum absolute atomic E-state index is 13.2. The molecule has 1 N–H and O–H groups in total. The van der Waals surface area contributed by atoms with Gasteiger partial charge in [0.05, 0.1) is 5.75 Å². The molecular formula is C19H21ClFN3O3S. The van der Waals surface area contributed by atoms with Gasteiger partial charge in [0.2, 0.25) is 10.0 Å². The molecule has 0 saturated carbocycles. The van der Waals surface area contributed by atoms with Crippen molar-refractivity contribution in [3.63, 3.8) is 0 Å². The summed E-state index contributed by atoms with van der Waals surface area (Å²) in [6, 6.07) is 12.7. The Labute approximate surface area is 168 Å². The minimum Gasteiger partial charge on any atom is -0.369 e. The van der Waals surface area contributed by atoms with E-state index in [0.29, 0.717) is 31.2 Å². The summed E-state index contributed by atoms with van der Waals surface area (Å²) < 4.78 is 39.6. The number of nitrogens with one attached hydrogen (secondary N) is 1. The molecule has 1 saturated heterocycles. The minimum atomic E-state index is -3.48. The molecule has 1 heterocycles. The Kier molecular flexibility index (Phi) is 6.53. The molecule has 6 nitrogen and oxygen atoms in total. The van der Waals surface area contributed by atoms with E-state index < -0.39 is 21.7 Å². The van der Waals surface area contributed by atoms with Crippen LogP contribution in [0.3, 0.4) is 0 Å². The van der Waals surface area contributed by atoms with Gasteiger partial charge in [0.1, 0.15) is 5.82 Å². The fourth-order valence-electron chi connectivity index (χ4n) is 3.03. The smallest absolute Gasteiger partial charge is 0.251 e. The van der Waals surface area contributed by atoms with Gasteiger partial charge in [-0.1, -0.05) is 17.7 Å². The van der Waals surface area contributed by atoms with Crippen LogP contribution in [-0.2, 0) is 10.0 Å². The lowest BCUT2D eigenvalue weighted by Crippen LogP contribution is -2.50. The summed E-state index contributed by atoms with van der Waals surface area (Å²) >= 11 is 5.90. The second kappa shape index (κ2) is 8.89. The van der Waals surface area contributed by atoms with Crippen molar-refractivity contribution in [3.05, 3.63) is 64.9 Å². The van der Waals surface area contributed by atoms with E-state index in [1.165, 1.54) is 22.5 Å². The van der Waals surface area contributed by atoms with Crippen molar-refractivity contribution < 1.29 is 17.6 Å². The molecule has 0 atom stereocenters. The first-order valence-corrected chi connectivity index (χ1v) is 10.9. The molecule has 3 rings (SSSR count). The Morgan fingerprint density at radius 2 is 1.75 bits per heavy atom. The van der Waals surface area contributed by atoms with Crippen LogP contribution in [0.5, 0.6) is 0 Å². The molecule has 2 aromatic carbocycles. The van der Waals surface area contributed by atoms with Gasteiger partial charge in [0.15, 0.2) is 0 Å². The molecule has 0 aliphatic carbocycles. The van der Waals surface area contributed by atoms with Crippen LogP contribution in [0, 0.1) is 5.82 Å². The van der Waals surface area contributed by atoms with Gasteiger partial charge in [-0.25, -0.2) is 12.8 Å². The highest BCUT2D eigenvalue weighted by Gasteiger charge is 2.26. The van der Waals surface area contributed by atoms with Gasteiger partial charge in [-0.3, -0.25) is 4.79 Å². The highest BCUT2D eigenvalue weighted by molar-refractivity contribution is 7.89. The molecule has 150 valence electrons. The van der Waals surface area contributed by atoms with Gasteiger partial charge in [-0.05, 0) is 42.5 Å². The third kappa shape index (κ3) is 5.21. The molecule has 0 spiro atoms. The fourth-order valence-corrected chi connectivity index (χ4v) is 4.49. The second-order valence-electron chi connectivity index (χ2n) is 6.44. The SMILES string of the molecule is O=C(NCCS(=O)(=O)N1CCN(c2ccc(Cl)cc2)CC1)c1cccc(F)c1. The van der Waals surface area contributed by atoms with Crippen LogP contribution in [0.15, 0.2) is 48.5 Å². The van der Waals surface area contributed by atoms with E-state index in [9.17, 15) is 17.6 Å². The number of hydrogen-bond donors (Lipinski definition) is 1. The summed E-state index contributed by atoms with van der Waals surface area (Å²) in [5.74, 6) is -1.21. The Morgan fingerprint density at radius 3 is 2.39 bits per heavy atom. The zero-order valence-corrected chi connectivity index (χ0v) is 16.7. The van der Waals surface area contributed by atoms with Crippen LogP contribution in [-0.4, -0.2) is 57.1 Å². The van der Waals surface area contributed by atoms with Gasteiger partial charge in [0, 0.05) is 49.0 Å². The molecule has 1 aliphatic rings. The Balaban J connectivity index is 1.49. The summed E-state index contributed by atoms with van der Waals surface area (Å²) in [6.07, 6.45) is 0. The van der Waals surface area contributed by atoms with Crippen molar-refractivity contribution in [1.82, 2.24) is 9.62 Å². The number of carbonyl (C=O) groups excluding carboxylic acids is 1. The first-order valence-electron chi connectivity index (χ1n) is 8.87. The molecule has 2 aromatic rings. The first kappa shape index (κ1) is 20.6. The molecular weight excluding hydrogens is 405 g/mol. The number of anilines is 1. The van der Waals surface area contributed by atoms with Crippen LogP contribution in [0.25, 0.3) is 0 Å². The molecule has 9 heteroatoms. The molecule has 0 bridgehead atoms. The quantitative estimate of drug-likeness (QED) is 0.771. The zero-order valence-electron chi connectivity index (χ0n) is 15.1. The number of nitrogens with zero attached hydrogens (tertiary/aromatic N) is 2. The molecule has 0 radical (unpaired) electrons. The Hall–Kier alpha value is -2.16. The average molecular weight is 426 g/mol. The number of halogens is 2. The summed E-state index contributed by atoms with van der Waals surface area (Å²) in [5, 5.41) is 3.18. The standard InChI is InChI=1S/C19H21ClFN3O3S/c20-16-4-6-18(7-5-16)23-9-11-24(12-10-23)28(26,27)13-8-22-19(25)15-2-1-3-17(21)14-15/h1-7,14H,8-13H2,(H,22,25). The number of rotatable bonds is 6. The number of sulfonamides is 1. The summed E-state index contributed by atoms with van der Waals surface area (Å²) in [6.45, 7) is 1.88. The number of carbonyl (C=O) groups is 1. The van der Waals surface area contributed by atoms with E-state index in [0.717, 1.165) is 11.8 Å². The highest BCUT2D eigenvalue weighted by atomic mass is 35.5. The lowest BCUT2D eigenvalue weighted by atomic mass is 10.2. The van der Waals surface area contributed by atoms with Crippen molar-refractivity contribution >= 4 is 33.2 Å². The predicted molar refractivity (Wildman–Crippen MR) is 108 cm³/mol. The van der Waals surface area contributed by atoms with Gasteiger partial charge < -0.3 is 10.2 Å². The first-order chi connectivity index (χ1) is 13.3. The van der Waals surface area contributed by atoms with Gasteiger partial charge in [-0.2, -0.15) is 4.31 Å². The summed E-state index contributed by atoms with van der Waals surface area (Å²) in [4.78, 5) is 14.1. The Bertz CT molecular complexity index is 930. The van der Waals surface area contributed by atoms with E-state index in [-0.39, 0.29) is 17.9 Å². The van der Waals surface area contributed by atoms with Crippen molar-refractivity contribution in [2.75, 3.05) is 43.4 Å². The zero-order chi connectivity index (χ0) is 20.1. The topological polar surface area (TPSA) is 69.7 Å². The highest BCUT2D eigenvalue weighted by Crippen LogP contribution is 2.20. The van der Waals surface area contributed by atoms with Crippen LogP contribution >= 0.6 is 11.6 Å². The third-order valence-electron chi connectivity index (χ3n) is 4.56. The lowest BCUT2D eigenvalue weighted by molar-refractivity contribution is 0.0955. The largest absolute Gasteiger partial charge is 0.369 e. The number of amides is 1. The van der Waals surface area contributed by atoms with Crippen LogP contribution in [0.4, 0.5) is 10.1 Å². The van der Waals surface area contributed by atoms with Crippen LogP contribution in [0.1, 0.15) is 10.4 Å². The maximum Gasteiger partial charge on any atom is 0.251 e. The number of hydrogen-bond acceptors (Lipinski definition) is 4. The molecule has 0 unspecified atom stereocenters. The maximum atomic E-state index is 13.2. The van der Waals surface area contributed by atoms with Crippen molar-refractivity contribution in [2.24, 2.45) is 0 Å². The van der Waals surface area contributed by atoms with Crippen molar-refractivity contribution in [3.8, 4) is 0 Å². The van der Waals surface area contributed by atoms with E-state index >= 15 is 0 Å². The number of piperazine rings is 1. The predicted octanol–water partition coefficient (Wildman–Crippen LogP) is 2.36. The fraction of sp³-hybridized carbons (Fsp3) is 0.316. The average Bonchev–Trinajstić information content (AvgIpc) is 2.68. The molecule has 1 fully saturated rings. The number of benzene rings is 2. The minimum absolute atomic E-state index is 0.0327. The molecule has 0 aromatic heterocycles. The molecule has 1 amide bonds. The van der Waals surface area contributed by atoms with Crippen LogP contribution < -0.4 is 10.2 Å². The summed E-state index contributed by atoms with van der Waals surface area (Å²) in [7, 11) is -3.48. The van der Waals surface area contributed by atoms with Crippen molar-refractivity contribution in [1.29, 1.82) is 0 Å². The van der Waals surface area contributed by atoms with Gasteiger partial charge in [-0.15, -0.1) is 0 Å². The van der Waals surface area contributed by atoms with Gasteiger partial charge in [0.25, 0.3) is 5.91 Å². The molecule has 1 aliphatic heterocycles. The van der Waals surface area contributed by atoms with E-state index in [1.54, 1.807) is 12.1 Å². The molecule has 28 heavy (non-hydrogen) atoms. The third-order valence-corrected chi connectivity index (χ3v) is 6.68. The van der Waals surface area contributed by atoms with Crippen molar-refractivity contribution in [2.45, 2.75) is 0 Å². The lowest BCUT2D eigenvalue weighted by Gasteiger charge is -2.35. The van der Waals surface area contributed by atoms with E-state index in [4.69, 9.17) is 11.6 Å². The van der Waals surface area contributed by atoms with E-state index in [2.05, 4.69) is 10.2 Å². The second-order valence-corrected chi connectivity index (χ2v) is 8.97.